The minimum absolute atomic E-state index is 0.110. The van der Waals surface area contributed by atoms with E-state index in [1.165, 1.54) is 10.8 Å². The second kappa shape index (κ2) is 11.3. The topological polar surface area (TPSA) is 69.9 Å². The van der Waals surface area contributed by atoms with Crippen molar-refractivity contribution in [3.05, 3.63) is 90.0 Å². The standard InChI is InChI=1S/C27H18Cl6N4O2/c28-26(29,30)24-34-22(35-25(36-24)27(31,32)33)16-10-12-17(13-11-16)23(38)39-15-5-14-37-20-8-3-1-6-18(20)19-7-2-4-9-21(19)37/h1-4,6-13H,5,14-15H2. The first-order valence-electron chi connectivity index (χ1n) is 11.7. The zero-order valence-corrected chi connectivity index (χ0v) is 24.5. The SMILES string of the molecule is O=C(OCCCn1c2ccccc2c2ccccc21)c1ccc(-c2nc(C(Cl)(Cl)Cl)nc(C(Cl)(Cl)Cl)n2)cc1. The van der Waals surface area contributed by atoms with Crippen molar-refractivity contribution < 1.29 is 9.53 Å². The van der Waals surface area contributed by atoms with E-state index in [0.717, 1.165) is 11.0 Å². The van der Waals surface area contributed by atoms with Crippen LogP contribution in [0.1, 0.15) is 28.4 Å². The summed E-state index contributed by atoms with van der Waals surface area (Å²) in [7, 11) is 0. The van der Waals surface area contributed by atoms with E-state index in [4.69, 9.17) is 74.3 Å². The lowest BCUT2D eigenvalue weighted by Gasteiger charge is -2.15. The van der Waals surface area contributed by atoms with Gasteiger partial charge >= 0.3 is 5.97 Å². The number of fused-ring (bicyclic) bond motifs is 3. The fourth-order valence-corrected chi connectivity index (χ4v) is 4.74. The van der Waals surface area contributed by atoms with Crippen LogP contribution in [0.25, 0.3) is 33.2 Å². The quantitative estimate of drug-likeness (QED) is 0.105. The maximum Gasteiger partial charge on any atom is 0.338 e. The average molecular weight is 643 g/mol. The number of carbonyl (C=O) groups excluding carboxylic acids is 1. The van der Waals surface area contributed by atoms with Crippen molar-refractivity contribution in [1.29, 1.82) is 0 Å². The van der Waals surface area contributed by atoms with Gasteiger partial charge in [-0.15, -0.1) is 0 Å². The molecule has 2 aromatic heterocycles. The predicted molar refractivity (Wildman–Crippen MR) is 158 cm³/mol. The Morgan fingerprint density at radius 1 is 0.718 bits per heavy atom. The normalized spacial score (nSPS) is 12.3. The van der Waals surface area contributed by atoms with E-state index in [1.807, 2.05) is 24.3 Å². The van der Waals surface area contributed by atoms with E-state index in [-0.39, 0.29) is 24.1 Å². The summed E-state index contributed by atoms with van der Waals surface area (Å²) < 4.78 is 3.84. The molecule has 0 spiro atoms. The van der Waals surface area contributed by atoms with E-state index in [0.29, 0.717) is 24.1 Å². The number of para-hydroxylation sites is 2. The molecule has 0 atom stereocenters. The Kier molecular flexibility index (Phi) is 8.16. The number of alkyl halides is 6. The Labute approximate surface area is 253 Å². The Morgan fingerprint density at radius 2 is 1.23 bits per heavy atom. The molecule has 0 aliphatic carbocycles. The summed E-state index contributed by atoms with van der Waals surface area (Å²) in [5.74, 6) is -0.752. The number of aryl methyl sites for hydroxylation is 1. The molecule has 0 saturated heterocycles. The Morgan fingerprint density at radius 3 is 1.74 bits per heavy atom. The van der Waals surface area contributed by atoms with Crippen LogP contribution < -0.4 is 0 Å². The Balaban J connectivity index is 1.27. The molecule has 5 rings (SSSR count). The number of hydrogen-bond donors (Lipinski definition) is 0. The highest BCUT2D eigenvalue weighted by atomic mass is 35.6. The van der Waals surface area contributed by atoms with E-state index < -0.39 is 13.6 Å². The van der Waals surface area contributed by atoms with Gasteiger partial charge in [0.2, 0.25) is 7.59 Å². The second-order valence-corrected chi connectivity index (χ2v) is 13.1. The minimum atomic E-state index is -1.97. The Hall–Kier alpha value is -2.32. The smallest absolute Gasteiger partial charge is 0.338 e. The molecule has 12 heteroatoms. The fourth-order valence-electron chi connectivity index (χ4n) is 4.23. The molecular formula is C27H18Cl6N4O2. The van der Waals surface area contributed by atoms with Gasteiger partial charge in [0.05, 0.1) is 12.2 Å². The molecular weight excluding hydrogens is 625 g/mol. The van der Waals surface area contributed by atoms with Gasteiger partial charge in [-0.25, -0.2) is 19.7 Å². The minimum Gasteiger partial charge on any atom is -0.462 e. The molecule has 200 valence electrons. The maximum atomic E-state index is 12.7. The average Bonchev–Trinajstić information content (AvgIpc) is 3.23. The number of hydrogen-bond acceptors (Lipinski definition) is 5. The van der Waals surface area contributed by atoms with Crippen LogP contribution in [-0.2, 0) is 18.9 Å². The molecule has 0 radical (unpaired) electrons. The highest BCUT2D eigenvalue weighted by Gasteiger charge is 2.34. The van der Waals surface area contributed by atoms with Crippen molar-refractivity contribution in [3.63, 3.8) is 0 Å². The van der Waals surface area contributed by atoms with E-state index >= 15 is 0 Å². The monoisotopic (exact) mass is 640 g/mol. The molecule has 0 saturated carbocycles. The van der Waals surface area contributed by atoms with Crippen molar-refractivity contribution in [3.8, 4) is 11.4 Å². The molecule has 6 nitrogen and oxygen atoms in total. The molecule has 0 unspecified atom stereocenters. The first-order valence-corrected chi connectivity index (χ1v) is 13.9. The highest BCUT2D eigenvalue weighted by molar-refractivity contribution is 6.67. The van der Waals surface area contributed by atoms with Crippen LogP contribution in [0.15, 0.2) is 72.8 Å². The van der Waals surface area contributed by atoms with Gasteiger partial charge in [-0.3, -0.25) is 0 Å². The van der Waals surface area contributed by atoms with Crippen LogP contribution >= 0.6 is 69.6 Å². The van der Waals surface area contributed by atoms with Gasteiger partial charge in [-0.2, -0.15) is 0 Å². The number of ether oxygens (including phenoxy) is 1. The molecule has 0 aliphatic heterocycles. The molecule has 0 N–H and O–H groups in total. The van der Waals surface area contributed by atoms with E-state index in [9.17, 15) is 4.79 Å². The summed E-state index contributed by atoms with van der Waals surface area (Å²) in [6, 6.07) is 22.9. The third-order valence-corrected chi connectivity index (χ3v) is 6.97. The van der Waals surface area contributed by atoms with Gasteiger partial charge in [0.15, 0.2) is 17.5 Å². The lowest BCUT2D eigenvalue weighted by molar-refractivity contribution is 0.0496. The van der Waals surface area contributed by atoms with Crippen LogP contribution in [0.3, 0.4) is 0 Å². The molecule has 2 heterocycles. The van der Waals surface area contributed by atoms with E-state index in [2.05, 4.69) is 43.8 Å². The van der Waals surface area contributed by atoms with Gasteiger partial charge in [-0.1, -0.05) is 118 Å². The summed E-state index contributed by atoms with van der Waals surface area (Å²) in [4.78, 5) is 25.0. The van der Waals surface area contributed by atoms with Gasteiger partial charge in [0.1, 0.15) is 0 Å². The second-order valence-electron chi connectivity index (χ2n) is 8.55. The van der Waals surface area contributed by atoms with Gasteiger partial charge in [0, 0.05) is 33.9 Å². The lowest BCUT2D eigenvalue weighted by Crippen LogP contribution is -2.16. The van der Waals surface area contributed by atoms with Gasteiger partial charge in [0.25, 0.3) is 0 Å². The summed E-state index contributed by atoms with van der Waals surface area (Å²) in [5, 5.41) is 2.40. The van der Waals surface area contributed by atoms with Crippen LogP contribution in [0, 0.1) is 0 Å². The Bertz CT molecular complexity index is 1570. The number of carbonyl (C=O) groups is 1. The zero-order valence-electron chi connectivity index (χ0n) is 19.9. The van der Waals surface area contributed by atoms with Crippen molar-refractivity contribution in [1.82, 2.24) is 19.5 Å². The number of esters is 1. The fraction of sp³-hybridized carbons (Fsp3) is 0.185. The predicted octanol–water partition coefficient (Wildman–Crippen LogP) is 8.55. The van der Waals surface area contributed by atoms with Crippen LogP contribution in [0.4, 0.5) is 0 Å². The number of nitrogens with zero attached hydrogens (tertiary/aromatic N) is 4. The van der Waals surface area contributed by atoms with Gasteiger partial charge in [-0.05, 0) is 30.7 Å². The van der Waals surface area contributed by atoms with Crippen molar-refractivity contribution in [2.24, 2.45) is 0 Å². The highest BCUT2D eigenvalue weighted by Crippen LogP contribution is 2.40. The third-order valence-electron chi connectivity index (χ3n) is 5.96. The molecule has 0 bridgehead atoms. The molecule has 5 aromatic rings. The summed E-state index contributed by atoms with van der Waals surface area (Å²) in [6.07, 6.45) is 0.650. The molecule has 3 aromatic carbocycles. The number of benzene rings is 3. The van der Waals surface area contributed by atoms with Crippen LogP contribution in [0.5, 0.6) is 0 Å². The van der Waals surface area contributed by atoms with Crippen LogP contribution in [0.2, 0.25) is 0 Å². The largest absolute Gasteiger partial charge is 0.462 e. The molecule has 0 aliphatic rings. The molecule has 0 amide bonds. The first kappa shape index (κ1) is 28.2. The van der Waals surface area contributed by atoms with Crippen LogP contribution in [-0.4, -0.2) is 32.1 Å². The van der Waals surface area contributed by atoms with Crippen molar-refractivity contribution >= 4 is 97.4 Å². The van der Waals surface area contributed by atoms with E-state index in [1.54, 1.807) is 24.3 Å². The number of rotatable bonds is 6. The maximum absolute atomic E-state index is 12.7. The number of halogens is 6. The van der Waals surface area contributed by atoms with Gasteiger partial charge < -0.3 is 9.30 Å². The molecule has 0 fully saturated rings. The summed E-state index contributed by atoms with van der Waals surface area (Å²) in [5.41, 5.74) is 3.14. The lowest BCUT2D eigenvalue weighted by atomic mass is 10.1. The summed E-state index contributed by atoms with van der Waals surface area (Å²) in [6.45, 7) is 0.963. The third kappa shape index (κ3) is 6.22. The molecule has 39 heavy (non-hydrogen) atoms. The summed E-state index contributed by atoms with van der Waals surface area (Å²) >= 11 is 35.7. The number of aromatic nitrogens is 4. The van der Waals surface area contributed by atoms with Crippen molar-refractivity contribution in [2.45, 2.75) is 20.6 Å². The first-order chi connectivity index (χ1) is 18.5. The van der Waals surface area contributed by atoms with Crippen molar-refractivity contribution in [2.75, 3.05) is 6.61 Å². The zero-order chi connectivity index (χ0) is 27.8.